The lowest BCUT2D eigenvalue weighted by molar-refractivity contribution is -0.147. The third-order valence-electron chi connectivity index (χ3n) is 5.86. The van der Waals surface area contributed by atoms with Gasteiger partial charge in [0.2, 0.25) is 5.91 Å². The van der Waals surface area contributed by atoms with Crippen LogP contribution >= 0.6 is 0 Å². The van der Waals surface area contributed by atoms with Gasteiger partial charge >= 0.3 is 12.1 Å². The van der Waals surface area contributed by atoms with Crippen LogP contribution in [-0.4, -0.2) is 55.0 Å². The molecule has 2 amide bonds. The minimum atomic E-state index is -1.45. The number of carboxylic acid groups (broad SMARTS) is 1. The molecule has 3 N–H and O–H groups in total. The Bertz CT molecular complexity index is 962. The van der Waals surface area contributed by atoms with Gasteiger partial charge in [-0.05, 0) is 35.6 Å². The first-order valence-corrected chi connectivity index (χ1v) is 10.5. The van der Waals surface area contributed by atoms with Gasteiger partial charge < -0.3 is 25.2 Å². The molecule has 170 valence electrons. The second kappa shape index (κ2) is 9.82. The molecule has 2 aromatic carbocycles. The number of benzene rings is 2. The number of carbonyl (C=O) groups excluding carboxylic acids is 2. The number of hydrogen-bond donors (Lipinski definition) is 3. The number of amides is 2. The van der Waals surface area contributed by atoms with Crippen molar-refractivity contribution in [2.75, 3.05) is 20.3 Å². The van der Waals surface area contributed by atoms with Crippen molar-refractivity contribution in [3.63, 3.8) is 0 Å². The number of methoxy groups -OCH3 is 1. The number of rotatable bonds is 9. The third kappa shape index (κ3) is 4.75. The van der Waals surface area contributed by atoms with E-state index < -0.39 is 29.6 Å². The van der Waals surface area contributed by atoms with Crippen LogP contribution in [0, 0.1) is 0 Å². The third-order valence-corrected chi connectivity index (χ3v) is 5.86. The average Bonchev–Trinajstić information content (AvgIpc) is 3.11. The number of carboxylic acids is 1. The predicted molar refractivity (Wildman–Crippen MR) is 118 cm³/mol. The van der Waals surface area contributed by atoms with Crippen molar-refractivity contribution in [3.05, 3.63) is 59.7 Å². The molecule has 0 saturated heterocycles. The van der Waals surface area contributed by atoms with Crippen molar-refractivity contribution in [3.8, 4) is 11.1 Å². The molecule has 0 spiro atoms. The molecule has 2 atom stereocenters. The van der Waals surface area contributed by atoms with Crippen LogP contribution in [0.4, 0.5) is 4.79 Å². The number of hydrogen-bond acceptors (Lipinski definition) is 5. The molecular formula is C24H28N2O6. The van der Waals surface area contributed by atoms with Gasteiger partial charge in [-0.25, -0.2) is 9.59 Å². The highest BCUT2D eigenvalue weighted by Crippen LogP contribution is 2.44. The zero-order valence-corrected chi connectivity index (χ0v) is 18.4. The zero-order valence-electron chi connectivity index (χ0n) is 18.4. The number of alkyl carbamates (subject to hydrolysis) is 1. The highest BCUT2D eigenvalue weighted by molar-refractivity contribution is 5.91. The molecular weight excluding hydrogens is 412 g/mol. The fourth-order valence-electron chi connectivity index (χ4n) is 3.78. The van der Waals surface area contributed by atoms with E-state index in [1.54, 1.807) is 6.92 Å². The van der Waals surface area contributed by atoms with E-state index in [1.165, 1.54) is 14.0 Å². The second-order valence-electron chi connectivity index (χ2n) is 7.96. The maximum Gasteiger partial charge on any atom is 0.407 e. The Morgan fingerprint density at radius 3 is 2.12 bits per heavy atom. The molecule has 2 unspecified atom stereocenters. The van der Waals surface area contributed by atoms with Gasteiger partial charge in [0, 0.05) is 13.0 Å². The smallest absolute Gasteiger partial charge is 0.407 e. The van der Waals surface area contributed by atoms with E-state index in [0.29, 0.717) is 0 Å². The predicted octanol–water partition coefficient (Wildman–Crippen LogP) is 2.91. The molecule has 3 rings (SSSR count). The monoisotopic (exact) mass is 440 g/mol. The van der Waals surface area contributed by atoms with Crippen LogP contribution in [-0.2, 0) is 19.1 Å². The molecule has 0 saturated carbocycles. The molecule has 0 bridgehead atoms. The van der Waals surface area contributed by atoms with Crippen molar-refractivity contribution >= 4 is 18.0 Å². The van der Waals surface area contributed by atoms with Gasteiger partial charge in [-0.1, -0.05) is 55.5 Å². The lowest BCUT2D eigenvalue weighted by Crippen LogP contribution is -2.58. The van der Waals surface area contributed by atoms with Crippen molar-refractivity contribution in [1.82, 2.24) is 10.6 Å². The maximum atomic E-state index is 12.6. The van der Waals surface area contributed by atoms with Crippen LogP contribution in [0.2, 0.25) is 0 Å². The molecule has 1 aliphatic carbocycles. The van der Waals surface area contributed by atoms with Crippen molar-refractivity contribution in [2.45, 2.75) is 37.8 Å². The largest absolute Gasteiger partial charge is 0.480 e. The fourth-order valence-corrected chi connectivity index (χ4v) is 3.78. The molecule has 0 fully saturated rings. The normalized spacial score (nSPS) is 15.1. The molecule has 1 aliphatic rings. The molecule has 0 radical (unpaired) electrons. The van der Waals surface area contributed by atoms with Crippen LogP contribution in [0.1, 0.15) is 37.3 Å². The van der Waals surface area contributed by atoms with Gasteiger partial charge in [0.25, 0.3) is 0 Å². The Hall–Kier alpha value is -3.39. The van der Waals surface area contributed by atoms with Crippen molar-refractivity contribution < 1.29 is 29.0 Å². The van der Waals surface area contributed by atoms with E-state index >= 15 is 0 Å². The molecule has 8 nitrogen and oxygen atoms in total. The van der Waals surface area contributed by atoms with Gasteiger partial charge in [0.1, 0.15) is 18.2 Å². The quantitative estimate of drug-likeness (QED) is 0.553. The summed E-state index contributed by atoms with van der Waals surface area (Å²) in [6.45, 7) is 3.03. The summed E-state index contributed by atoms with van der Waals surface area (Å²) in [7, 11) is 1.38. The summed E-state index contributed by atoms with van der Waals surface area (Å²) in [4.78, 5) is 36.6. The van der Waals surface area contributed by atoms with Crippen LogP contribution in [0.25, 0.3) is 11.1 Å². The Labute approximate surface area is 186 Å². The molecule has 2 aromatic rings. The van der Waals surface area contributed by atoms with Crippen LogP contribution in [0.3, 0.4) is 0 Å². The summed E-state index contributed by atoms with van der Waals surface area (Å²) >= 11 is 0. The first-order valence-electron chi connectivity index (χ1n) is 10.5. The van der Waals surface area contributed by atoms with Gasteiger partial charge in [0.15, 0.2) is 0 Å². The Morgan fingerprint density at radius 2 is 1.62 bits per heavy atom. The van der Waals surface area contributed by atoms with E-state index in [-0.39, 0.29) is 25.6 Å². The minimum Gasteiger partial charge on any atom is -0.480 e. The van der Waals surface area contributed by atoms with Gasteiger partial charge in [-0.3, -0.25) is 4.79 Å². The summed E-state index contributed by atoms with van der Waals surface area (Å²) in [5.74, 6) is -1.93. The average molecular weight is 440 g/mol. The lowest BCUT2D eigenvalue weighted by atomic mass is 9.98. The Kier molecular flexibility index (Phi) is 7.15. The number of ether oxygens (including phenoxy) is 2. The Balaban J connectivity index is 1.66. The highest BCUT2D eigenvalue weighted by atomic mass is 16.5. The van der Waals surface area contributed by atoms with Crippen molar-refractivity contribution in [1.29, 1.82) is 0 Å². The maximum absolute atomic E-state index is 12.6. The molecule has 32 heavy (non-hydrogen) atoms. The minimum absolute atomic E-state index is 0.100. The SMILES string of the molecule is CCC(C)(NC(=O)C(COC)NC(=O)OCC1c2ccccc2-c2ccccc21)C(=O)O. The van der Waals surface area contributed by atoms with E-state index in [0.717, 1.165) is 22.3 Å². The van der Waals surface area contributed by atoms with Crippen LogP contribution in [0.5, 0.6) is 0 Å². The number of fused-ring (bicyclic) bond motifs is 3. The summed E-state index contributed by atoms with van der Waals surface area (Å²) in [5.41, 5.74) is 2.93. The van der Waals surface area contributed by atoms with E-state index in [1.807, 2.05) is 48.5 Å². The van der Waals surface area contributed by atoms with Crippen LogP contribution < -0.4 is 10.6 Å². The Morgan fingerprint density at radius 1 is 1.06 bits per heavy atom. The van der Waals surface area contributed by atoms with Gasteiger partial charge in [-0.2, -0.15) is 0 Å². The van der Waals surface area contributed by atoms with E-state index in [4.69, 9.17) is 9.47 Å². The summed E-state index contributed by atoms with van der Waals surface area (Å²) < 4.78 is 10.5. The van der Waals surface area contributed by atoms with Gasteiger partial charge in [-0.15, -0.1) is 0 Å². The number of aliphatic carboxylic acids is 1. The molecule has 8 heteroatoms. The molecule has 0 heterocycles. The number of carbonyl (C=O) groups is 3. The summed E-state index contributed by atoms with van der Waals surface area (Å²) in [6.07, 6.45) is -0.601. The molecule has 0 aromatic heterocycles. The van der Waals surface area contributed by atoms with E-state index in [2.05, 4.69) is 10.6 Å². The van der Waals surface area contributed by atoms with Crippen LogP contribution in [0.15, 0.2) is 48.5 Å². The topological polar surface area (TPSA) is 114 Å². The standard InChI is InChI=1S/C24H28N2O6/c1-4-24(2,22(28)29)26-21(27)20(14-31-3)25-23(30)32-13-19-17-11-7-5-9-15(17)16-10-6-8-12-18(16)19/h5-12,19-20H,4,13-14H2,1-3H3,(H,25,30)(H,26,27)(H,28,29). The first-order chi connectivity index (χ1) is 15.3. The zero-order chi connectivity index (χ0) is 23.3. The molecule has 0 aliphatic heterocycles. The van der Waals surface area contributed by atoms with Gasteiger partial charge in [0.05, 0.1) is 6.61 Å². The summed E-state index contributed by atoms with van der Waals surface area (Å²) in [6, 6.07) is 14.9. The fraction of sp³-hybridized carbons (Fsp3) is 0.375. The first kappa shape index (κ1) is 23.3. The van der Waals surface area contributed by atoms with Crippen molar-refractivity contribution in [2.24, 2.45) is 0 Å². The van der Waals surface area contributed by atoms with E-state index in [9.17, 15) is 19.5 Å². The lowest BCUT2D eigenvalue weighted by Gasteiger charge is -2.27. The second-order valence-corrected chi connectivity index (χ2v) is 7.96. The highest BCUT2D eigenvalue weighted by Gasteiger charge is 2.36. The number of nitrogens with one attached hydrogen (secondary N) is 2. The summed E-state index contributed by atoms with van der Waals surface area (Å²) in [5, 5.41) is 14.3.